The Kier molecular flexibility index (Phi) is 16.5. The van der Waals surface area contributed by atoms with Crippen molar-refractivity contribution >= 4 is 55.2 Å². The maximum atomic E-state index is 5.75. The van der Waals surface area contributed by atoms with Crippen LogP contribution in [0, 0.1) is 5.92 Å². The van der Waals surface area contributed by atoms with Gasteiger partial charge in [0.25, 0.3) is 0 Å². The summed E-state index contributed by atoms with van der Waals surface area (Å²) >= 11 is 9.74. The van der Waals surface area contributed by atoms with Crippen LogP contribution >= 0.6 is 24.8 Å². The molecular formula is C6H16Cl2NS3-. The summed E-state index contributed by atoms with van der Waals surface area (Å²) in [6, 6.07) is 0.221. The number of halogens is 2. The molecule has 2 N–H and O–H groups in total. The topological polar surface area (TPSA) is 26.0 Å². The molecule has 1 atom stereocenters. The highest BCUT2D eigenvalue weighted by molar-refractivity contribution is 8.46. The Labute approximate surface area is 98.5 Å². The maximum absolute atomic E-state index is 5.75. The van der Waals surface area contributed by atoms with Crippen LogP contribution in [0.3, 0.4) is 0 Å². The molecule has 0 fully saturated rings. The summed E-state index contributed by atoms with van der Waals surface area (Å²) in [6.45, 7) is 4.31. The Morgan fingerprint density at radius 2 is 1.67 bits per heavy atom. The van der Waals surface area contributed by atoms with Gasteiger partial charge in [0.1, 0.15) is 0 Å². The van der Waals surface area contributed by atoms with Crippen LogP contribution in [0.4, 0.5) is 0 Å². The van der Waals surface area contributed by atoms with Gasteiger partial charge in [-0.25, -0.2) is 0 Å². The van der Waals surface area contributed by atoms with Crippen LogP contribution in [0.15, 0.2) is 0 Å². The average molecular weight is 269 g/mol. The summed E-state index contributed by atoms with van der Waals surface area (Å²) in [7, 11) is -0.320. The van der Waals surface area contributed by atoms with Gasteiger partial charge in [-0.1, -0.05) is 13.8 Å². The zero-order valence-corrected chi connectivity index (χ0v) is 11.3. The van der Waals surface area contributed by atoms with Crippen molar-refractivity contribution in [3.63, 3.8) is 0 Å². The van der Waals surface area contributed by atoms with Gasteiger partial charge in [-0.3, -0.25) is 22.4 Å². The lowest BCUT2D eigenvalue weighted by atomic mass is 10.1. The molecule has 0 heterocycles. The number of rotatable bonds is 4. The first kappa shape index (κ1) is 19.0. The molecule has 1 nitrogen and oxygen atoms in total. The third-order valence-electron chi connectivity index (χ3n) is 1.12. The van der Waals surface area contributed by atoms with Crippen molar-refractivity contribution in [2.75, 3.05) is 5.75 Å². The van der Waals surface area contributed by atoms with Crippen molar-refractivity contribution in [2.24, 2.45) is 11.7 Å². The van der Waals surface area contributed by atoms with Crippen molar-refractivity contribution < 1.29 is 0 Å². The molecule has 0 aliphatic heterocycles. The fourth-order valence-corrected chi connectivity index (χ4v) is 2.38. The molecule has 0 amide bonds. The van der Waals surface area contributed by atoms with Crippen LogP contribution in [0.1, 0.15) is 20.3 Å². The molecule has 0 aliphatic rings. The molecule has 1 unspecified atom stereocenters. The van der Waals surface area contributed by atoms with Crippen LogP contribution in [-0.4, -0.2) is 11.8 Å². The molecule has 12 heavy (non-hydrogen) atoms. The van der Waals surface area contributed by atoms with E-state index in [2.05, 4.69) is 13.8 Å². The van der Waals surface area contributed by atoms with Gasteiger partial charge < -0.3 is 13.7 Å². The Balaban J connectivity index is -0.000000405. The van der Waals surface area contributed by atoms with E-state index in [1.807, 2.05) is 0 Å². The zero-order chi connectivity index (χ0) is 8.15. The monoisotopic (exact) mass is 268 g/mol. The number of nitrogens with two attached hydrogens (primary N) is 1. The van der Waals surface area contributed by atoms with E-state index in [0.29, 0.717) is 5.92 Å². The van der Waals surface area contributed by atoms with E-state index in [0.717, 1.165) is 12.2 Å². The van der Waals surface area contributed by atoms with Gasteiger partial charge >= 0.3 is 0 Å². The molecule has 6 heteroatoms. The summed E-state index contributed by atoms with van der Waals surface area (Å²) in [5.41, 5.74) is 5.75. The molecule has 78 valence electrons. The zero-order valence-electron chi connectivity index (χ0n) is 7.19. The van der Waals surface area contributed by atoms with Crippen LogP contribution in [0.25, 0.3) is 0 Å². The lowest BCUT2D eigenvalue weighted by Gasteiger charge is -2.15. The van der Waals surface area contributed by atoms with Gasteiger partial charge in [0.05, 0.1) is 0 Å². The third kappa shape index (κ3) is 13.9. The Bertz CT molecular complexity index is 151. The highest BCUT2D eigenvalue weighted by atomic mass is 35.5. The predicted molar refractivity (Wildman–Crippen MR) is 68.9 cm³/mol. The van der Waals surface area contributed by atoms with Crippen molar-refractivity contribution in [1.82, 2.24) is 0 Å². The van der Waals surface area contributed by atoms with E-state index in [-0.39, 0.29) is 38.9 Å². The van der Waals surface area contributed by atoms with Crippen molar-refractivity contribution in [3.8, 4) is 0 Å². The minimum Gasteiger partial charge on any atom is -0.346 e. The van der Waals surface area contributed by atoms with Gasteiger partial charge in [0.15, 0.2) is 0 Å². The van der Waals surface area contributed by atoms with Crippen LogP contribution in [-0.2, 0) is 30.4 Å². The van der Waals surface area contributed by atoms with E-state index in [4.69, 9.17) is 28.1 Å². The molecule has 0 aromatic rings. The highest BCUT2D eigenvalue weighted by Gasteiger charge is 1.99. The molecule has 0 aliphatic carbocycles. The minimum atomic E-state index is -0.320. The van der Waals surface area contributed by atoms with Crippen LogP contribution < -0.4 is 5.73 Å². The average Bonchev–Trinajstić information content (AvgIpc) is 1.58. The molecule has 0 radical (unpaired) electrons. The molecule has 0 saturated carbocycles. The summed E-state index contributed by atoms with van der Waals surface area (Å²) in [6.07, 6.45) is 1.04. The van der Waals surface area contributed by atoms with Crippen molar-refractivity contribution in [3.05, 3.63) is 0 Å². The molecule has 0 bridgehead atoms. The van der Waals surface area contributed by atoms with E-state index < -0.39 is 0 Å². The number of hydrogen-bond donors (Lipinski definition) is 1. The lowest BCUT2D eigenvalue weighted by Crippen LogP contribution is -2.26. The molecule has 0 spiro atoms. The number of hydrogen-bond acceptors (Lipinski definition) is 4. The maximum Gasteiger partial charge on any atom is -0.0134 e. The molecule has 0 aromatic heterocycles. The van der Waals surface area contributed by atoms with Gasteiger partial charge in [0.2, 0.25) is 0 Å². The van der Waals surface area contributed by atoms with Crippen LogP contribution in [0.2, 0.25) is 0 Å². The van der Waals surface area contributed by atoms with E-state index in [1.54, 1.807) is 0 Å². The van der Waals surface area contributed by atoms with Crippen molar-refractivity contribution in [1.29, 1.82) is 0 Å². The Morgan fingerprint density at radius 1 is 1.25 bits per heavy atom. The standard InChI is InChI=1S/C6H14NS3.2ClH/c1-5(2)3-6(7)4-10(8)9;;/h5-6H,3-4,7H2,1-2H3;2*1H/q-1;;. The normalized spacial score (nSPS) is 12.1. The first-order valence-corrected chi connectivity index (χ1v) is 6.58. The molecule has 0 saturated heterocycles. The summed E-state index contributed by atoms with van der Waals surface area (Å²) in [4.78, 5) is 0. The van der Waals surface area contributed by atoms with Gasteiger partial charge in [-0.2, -0.15) is 0 Å². The molecule has 0 aromatic carbocycles. The summed E-state index contributed by atoms with van der Waals surface area (Å²) in [5, 5.41) is 0. The second kappa shape index (κ2) is 10.4. The van der Waals surface area contributed by atoms with Crippen LogP contribution in [0.5, 0.6) is 0 Å². The lowest BCUT2D eigenvalue weighted by molar-refractivity contribution is 0.524. The fourth-order valence-electron chi connectivity index (χ4n) is 0.848. The van der Waals surface area contributed by atoms with E-state index in [9.17, 15) is 0 Å². The summed E-state index contributed by atoms with van der Waals surface area (Å²) in [5.74, 6) is 1.48. The first-order valence-electron chi connectivity index (χ1n) is 3.33. The Morgan fingerprint density at radius 3 is 1.92 bits per heavy atom. The quantitative estimate of drug-likeness (QED) is 0.787. The van der Waals surface area contributed by atoms with Crippen molar-refractivity contribution in [2.45, 2.75) is 26.3 Å². The smallest absolute Gasteiger partial charge is 0.0134 e. The van der Waals surface area contributed by atoms with E-state index in [1.165, 1.54) is 0 Å². The largest absolute Gasteiger partial charge is 0.346 e. The van der Waals surface area contributed by atoms with E-state index >= 15 is 0 Å². The second-order valence-corrected chi connectivity index (χ2v) is 6.85. The molecule has 0 rings (SSSR count). The van der Waals surface area contributed by atoms with Gasteiger partial charge in [-0.05, 0) is 18.4 Å². The second-order valence-electron chi connectivity index (χ2n) is 2.86. The predicted octanol–water partition coefficient (Wildman–Crippen LogP) is 1.75. The SMILES string of the molecule is CC(C)CC(N)C[S-](=S)=S.Cl.Cl. The Hall–Kier alpha value is 1.33. The van der Waals surface area contributed by atoms with Gasteiger partial charge in [0, 0.05) is 0 Å². The first-order chi connectivity index (χ1) is 4.52. The van der Waals surface area contributed by atoms with Gasteiger partial charge in [-0.15, -0.1) is 30.6 Å². The fraction of sp³-hybridized carbons (Fsp3) is 1.00. The highest BCUT2D eigenvalue weighted by Crippen LogP contribution is 2.02. The summed E-state index contributed by atoms with van der Waals surface area (Å²) < 4.78 is 0. The minimum absolute atomic E-state index is 0. The molecular weight excluding hydrogens is 253 g/mol. The third-order valence-corrected chi connectivity index (χ3v) is 2.64.